The van der Waals surface area contributed by atoms with Crippen molar-refractivity contribution < 1.29 is 22.8 Å². The lowest BCUT2D eigenvalue weighted by molar-refractivity contribution is -0.186. The van der Waals surface area contributed by atoms with E-state index in [4.69, 9.17) is 0 Å². The Morgan fingerprint density at radius 3 is 2.48 bits per heavy atom. The number of aromatic nitrogens is 1. The average molecular weight is 301 g/mol. The van der Waals surface area contributed by atoms with E-state index in [2.05, 4.69) is 10.3 Å². The number of alkyl halides is 3. The Labute approximate surface area is 119 Å². The van der Waals surface area contributed by atoms with Crippen molar-refractivity contribution in [2.45, 2.75) is 25.1 Å². The smallest absolute Gasteiger partial charge is 0.349 e. The summed E-state index contributed by atoms with van der Waals surface area (Å²) in [5.41, 5.74) is 0.395. The second-order valence-corrected chi connectivity index (χ2v) is 4.78. The molecule has 2 rings (SSSR count). The Hall–Kier alpha value is -2.12. The molecule has 2 amide bonds. The number of piperidine rings is 1. The summed E-state index contributed by atoms with van der Waals surface area (Å²) in [7, 11) is 0. The third kappa shape index (κ3) is 3.93. The zero-order valence-electron chi connectivity index (χ0n) is 11.1. The van der Waals surface area contributed by atoms with Crippen LogP contribution in [0.25, 0.3) is 0 Å². The molecule has 0 bridgehead atoms. The van der Waals surface area contributed by atoms with Gasteiger partial charge in [0.05, 0.1) is 5.56 Å². The van der Waals surface area contributed by atoms with Gasteiger partial charge in [0.25, 0.3) is 5.91 Å². The lowest BCUT2D eigenvalue weighted by Crippen LogP contribution is -2.50. The Morgan fingerprint density at radius 1 is 1.29 bits per heavy atom. The van der Waals surface area contributed by atoms with Gasteiger partial charge in [-0.1, -0.05) is 0 Å². The van der Waals surface area contributed by atoms with Gasteiger partial charge in [0.2, 0.25) is 0 Å². The van der Waals surface area contributed by atoms with Crippen LogP contribution in [0.5, 0.6) is 0 Å². The van der Waals surface area contributed by atoms with E-state index in [0.29, 0.717) is 18.4 Å². The zero-order valence-corrected chi connectivity index (χ0v) is 11.1. The fourth-order valence-electron chi connectivity index (χ4n) is 2.17. The van der Waals surface area contributed by atoms with E-state index in [0.717, 1.165) is 4.90 Å². The highest BCUT2D eigenvalue weighted by Gasteiger charge is 2.43. The van der Waals surface area contributed by atoms with Crippen molar-refractivity contribution in [3.63, 3.8) is 0 Å². The fourth-order valence-corrected chi connectivity index (χ4v) is 2.17. The summed E-state index contributed by atoms with van der Waals surface area (Å²) in [5, 5.41) is 2.74. The number of pyridine rings is 1. The minimum Gasteiger partial charge on any atom is -0.349 e. The van der Waals surface area contributed by atoms with Crippen LogP contribution in [0, 0.1) is 0 Å². The van der Waals surface area contributed by atoms with Crippen molar-refractivity contribution in [3.8, 4) is 0 Å². The number of hydrogen-bond donors (Lipinski definition) is 1. The van der Waals surface area contributed by atoms with E-state index in [1.54, 1.807) is 12.1 Å². The van der Waals surface area contributed by atoms with Gasteiger partial charge in [-0.3, -0.25) is 14.6 Å². The van der Waals surface area contributed by atoms with Crippen molar-refractivity contribution >= 4 is 11.8 Å². The first-order valence-electron chi connectivity index (χ1n) is 6.45. The van der Waals surface area contributed by atoms with Crippen LogP contribution >= 0.6 is 0 Å². The molecule has 1 saturated heterocycles. The molecule has 2 heterocycles. The molecule has 0 unspecified atom stereocenters. The largest absolute Gasteiger partial charge is 0.471 e. The third-order valence-corrected chi connectivity index (χ3v) is 3.28. The van der Waals surface area contributed by atoms with Crippen molar-refractivity contribution in [2.75, 3.05) is 13.1 Å². The van der Waals surface area contributed by atoms with Gasteiger partial charge >= 0.3 is 12.1 Å². The van der Waals surface area contributed by atoms with Crippen LogP contribution < -0.4 is 5.32 Å². The Kier molecular flexibility index (Phi) is 4.44. The molecule has 0 radical (unpaired) electrons. The number of carbonyl (C=O) groups excluding carboxylic acids is 2. The Bertz CT molecular complexity index is 511. The highest BCUT2D eigenvalue weighted by atomic mass is 19.4. The quantitative estimate of drug-likeness (QED) is 0.897. The minimum absolute atomic E-state index is 0.0175. The molecule has 114 valence electrons. The molecule has 0 saturated carbocycles. The van der Waals surface area contributed by atoms with Gasteiger partial charge in [0, 0.05) is 31.5 Å². The predicted molar refractivity (Wildman–Crippen MR) is 67.4 cm³/mol. The van der Waals surface area contributed by atoms with Crippen LogP contribution in [0.2, 0.25) is 0 Å². The van der Waals surface area contributed by atoms with Crippen LogP contribution in [-0.2, 0) is 4.79 Å². The lowest BCUT2D eigenvalue weighted by Gasteiger charge is -2.32. The first-order chi connectivity index (χ1) is 9.88. The van der Waals surface area contributed by atoms with Gasteiger partial charge in [0.1, 0.15) is 0 Å². The minimum atomic E-state index is -4.84. The lowest BCUT2D eigenvalue weighted by atomic mass is 10.0. The summed E-state index contributed by atoms with van der Waals surface area (Å²) >= 11 is 0. The predicted octanol–water partition coefficient (Wildman–Crippen LogP) is 1.36. The van der Waals surface area contributed by atoms with Crippen molar-refractivity contribution in [2.24, 2.45) is 0 Å². The number of carbonyl (C=O) groups is 2. The van der Waals surface area contributed by atoms with Crippen LogP contribution in [-0.4, -0.2) is 47.0 Å². The number of nitrogens with one attached hydrogen (secondary N) is 1. The molecule has 5 nitrogen and oxygen atoms in total. The number of rotatable bonds is 2. The van der Waals surface area contributed by atoms with Gasteiger partial charge in [0.15, 0.2) is 0 Å². The Morgan fingerprint density at radius 2 is 1.95 bits per heavy atom. The summed E-state index contributed by atoms with van der Waals surface area (Å²) in [4.78, 5) is 27.5. The van der Waals surface area contributed by atoms with Crippen LogP contribution in [0.1, 0.15) is 23.2 Å². The standard InChI is InChI=1S/C13H14F3N3O2/c14-13(15,16)12(21)19-6-3-10(4-7-19)18-11(20)9-2-1-5-17-8-9/h1-2,5,8,10H,3-4,6-7H2,(H,18,20). The van der Waals surface area contributed by atoms with Crippen molar-refractivity contribution in [3.05, 3.63) is 30.1 Å². The number of amides is 2. The van der Waals surface area contributed by atoms with E-state index in [1.807, 2.05) is 0 Å². The van der Waals surface area contributed by atoms with E-state index in [-0.39, 0.29) is 25.0 Å². The SMILES string of the molecule is O=C(NC1CCN(C(=O)C(F)(F)F)CC1)c1cccnc1. The summed E-state index contributed by atoms with van der Waals surface area (Å²) in [6.45, 7) is -0.0351. The first kappa shape index (κ1) is 15.3. The Balaban J connectivity index is 1.85. The number of likely N-dealkylation sites (tertiary alicyclic amines) is 1. The van der Waals surface area contributed by atoms with E-state index < -0.39 is 12.1 Å². The monoisotopic (exact) mass is 301 g/mol. The summed E-state index contributed by atoms with van der Waals surface area (Å²) < 4.78 is 36.9. The van der Waals surface area contributed by atoms with Gasteiger partial charge in [-0.15, -0.1) is 0 Å². The molecule has 0 aliphatic carbocycles. The summed E-state index contributed by atoms with van der Waals surface area (Å²) in [6.07, 6.45) is -1.29. The maximum absolute atomic E-state index is 12.3. The number of hydrogen-bond acceptors (Lipinski definition) is 3. The highest BCUT2D eigenvalue weighted by Crippen LogP contribution is 2.21. The summed E-state index contributed by atoms with van der Waals surface area (Å²) in [5.74, 6) is -2.14. The van der Waals surface area contributed by atoms with Crippen LogP contribution in [0.3, 0.4) is 0 Å². The van der Waals surface area contributed by atoms with Gasteiger partial charge in [-0.25, -0.2) is 0 Å². The first-order valence-corrected chi connectivity index (χ1v) is 6.45. The molecule has 0 aromatic carbocycles. The summed E-state index contributed by atoms with van der Waals surface area (Å²) in [6, 6.07) is 2.99. The van der Waals surface area contributed by atoms with Gasteiger partial charge < -0.3 is 10.2 Å². The van der Waals surface area contributed by atoms with Crippen LogP contribution in [0.15, 0.2) is 24.5 Å². The maximum atomic E-state index is 12.3. The molecule has 0 atom stereocenters. The van der Waals surface area contributed by atoms with Crippen molar-refractivity contribution in [1.29, 1.82) is 0 Å². The van der Waals surface area contributed by atoms with Crippen molar-refractivity contribution in [1.82, 2.24) is 15.2 Å². The molecule has 0 spiro atoms. The molecular formula is C13H14F3N3O2. The van der Waals surface area contributed by atoms with Crippen LogP contribution in [0.4, 0.5) is 13.2 Å². The second-order valence-electron chi connectivity index (χ2n) is 4.78. The molecule has 1 aromatic rings. The normalized spacial score (nSPS) is 16.6. The molecule has 1 aliphatic rings. The molecule has 1 N–H and O–H groups in total. The van der Waals surface area contributed by atoms with E-state index in [1.165, 1.54) is 12.4 Å². The topological polar surface area (TPSA) is 62.3 Å². The number of nitrogens with zero attached hydrogens (tertiary/aromatic N) is 2. The van der Waals surface area contributed by atoms with E-state index in [9.17, 15) is 22.8 Å². The molecule has 1 aromatic heterocycles. The maximum Gasteiger partial charge on any atom is 0.471 e. The molecule has 21 heavy (non-hydrogen) atoms. The zero-order chi connectivity index (χ0) is 15.5. The molecular weight excluding hydrogens is 287 g/mol. The molecule has 1 fully saturated rings. The number of halogens is 3. The third-order valence-electron chi connectivity index (χ3n) is 3.28. The molecule has 8 heteroatoms. The molecule has 1 aliphatic heterocycles. The van der Waals surface area contributed by atoms with E-state index >= 15 is 0 Å². The second kappa shape index (κ2) is 6.11. The fraction of sp³-hybridized carbons (Fsp3) is 0.462. The highest BCUT2D eigenvalue weighted by molar-refractivity contribution is 5.94. The van der Waals surface area contributed by atoms with Gasteiger partial charge in [-0.05, 0) is 25.0 Å². The van der Waals surface area contributed by atoms with Gasteiger partial charge in [-0.2, -0.15) is 13.2 Å². The average Bonchev–Trinajstić information content (AvgIpc) is 2.47.